The molecule has 0 amide bonds. The molecule has 2 atom stereocenters. The molecule has 2 heterocycles. The molecule has 22 heavy (non-hydrogen) atoms. The first-order valence-electron chi connectivity index (χ1n) is 8.42. The lowest BCUT2D eigenvalue weighted by Gasteiger charge is -2.54. The highest BCUT2D eigenvalue weighted by Gasteiger charge is 2.45. The second kappa shape index (κ2) is 6.23. The lowest BCUT2D eigenvalue weighted by Crippen LogP contribution is -2.63. The minimum atomic E-state index is 0.729. The van der Waals surface area contributed by atoms with Gasteiger partial charge < -0.3 is 5.32 Å². The van der Waals surface area contributed by atoms with E-state index in [0.29, 0.717) is 0 Å². The summed E-state index contributed by atoms with van der Waals surface area (Å²) < 4.78 is 0. The molecule has 1 aliphatic carbocycles. The Morgan fingerprint density at radius 3 is 2.05 bits per heavy atom. The summed E-state index contributed by atoms with van der Waals surface area (Å²) in [6, 6.07) is 22.4. The highest BCUT2D eigenvalue weighted by molar-refractivity contribution is 5.16. The fourth-order valence-corrected chi connectivity index (χ4v) is 4.12. The lowest BCUT2D eigenvalue weighted by molar-refractivity contribution is -0.0193. The molecule has 0 aromatic heterocycles. The Hall–Kier alpha value is -1.64. The molecule has 0 radical (unpaired) electrons. The maximum atomic E-state index is 3.80. The molecule has 2 saturated heterocycles. The van der Waals surface area contributed by atoms with E-state index in [0.717, 1.165) is 31.0 Å². The summed E-state index contributed by atoms with van der Waals surface area (Å²) in [7, 11) is 0. The van der Waals surface area contributed by atoms with Crippen LogP contribution in [0.3, 0.4) is 0 Å². The molecule has 2 nitrogen and oxygen atoms in total. The Morgan fingerprint density at radius 2 is 1.41 bits per heavy atom. The van der Waals surface area contributed by atoms with Crippen molar-refractivity contribution in [2.24, 2.45) is 11.8 Å². The van der Waals surface area contributed by atoms with Gasteiger partial charge in [0.05, 0.1) is 0 Å². The Bertz CT molecular complexity index is 584. The molecular formula is C20H24N2. The van der Waals surface area contributed by atoms with Gasteiger partial charge in [0.25, 0.3) is 0 Å². The van der Waals surface area contributed by atoms with Crippen LogP contribution >= 0.6 is 0 Å². The van der Waals surface area contributed by atoms with Crippen LogP contribution in [0.25, 0.3) is 0 Å². The molecule has 2 aliphatic heterocycles. The highest BCUT2D eigenvalue weighted by atomic mass is 15.2. The van der Waals surface area contributed by atoms with E-state index in [4.69, 9.17) is 0 Å². The van der Waals surface area contributed by atoms with E-state index >= 15 is 0 Å². The van der Waals surface area contributed by atoms with E-state index in [2.05, 4.69) is 70.9 Å². The monoisotopic (exact) mass is 292 g/mol. The van der Waals surface area contributed by atoms with E-state index in [1.165, 1.54) is 30.6 Å². The van der Waals surface area contributed by atoms with Crippen molar-refractivity contribution in [1.29, 1.82) is 0 Å². The van der Waals surface area contributed by atoms with Gasteiger partial charge in [-0.25, -0.2) is 0 Å². The van der Waals surface area contributed by atoms with Crippen LogP contribution in [0.2, 0.25) is 0 Å². The van der Waals surface area contributed by atoms with Crippen molar-refractivity contribution < 1.29 is 0 Å². The Labute approximate surface area is 133 Å². The molecule has 114 valence electrons. The summed E-state index contributed by atoms with van der Waals surface area (Å²) in [4.78, 5) is 2.63. The van der Waals surface area contributed by atoms with E-state index in [1.54, 1.807) is 0 Å². The molecule has 2 bridgehead atoms. The van der Waals surface area contributed by atoms with Gasteiger partial charge in [-0.15, -0.1) is 0 Å². The zero-order chi connectivity index (χ0) is 14.8. The molecule has 0 spiro atoms. The third kappa shape index (κ3) is 2.94. The second-order valence-corrected chi connectivity index (χ2v) is 6.83. The Kier molecular flexibility index (Phi) is 3.96. The molecule has 2 heteroatoms. The maximum absolute atomic E-state index is 3.80. The van der Waals surface area contributed by atoms with Crippen molar-refractivity contribution >= 4 is 0 Å². The van der Waals surface area contributed by atoms with Crippen LogP contribution in [0.15, 0.2) is 60.7 Å². The fourth-order valence-electron chi connectivity index (χ4n) is 4.12. The number of hydrogen-bond donors (Lipinski definition) is 1. The molecule has 1 saturated carbocycles. The number of hydrogen-bond acceptors (Lipinski definition) is 2. The van der Waals surface area contributed by atoms with Gasteiger partial charge in [0, 0.05) is 32.2 Å². The van der Waals surface area contributed by atoms with Crippen molar-refractivity contribution in [3.05, 3.63) is 71.8 Å². The van der Waals surface area contributed by atoms with Gasteiger partial charge >= 0.3 is 0 Å². The van der Waals surface area contributed by atoms with Crippen LogP contribution in [-0.2, 0) is 13.1 Å². The largest absolute Gasteiger partial charge is 0.309 e. The summed E-state index contributed by atoms with van der Waals surface area (Å²) in [6.07, 6.45) is 1.41. The van der Waals surface area contributed by atoms with Gasteiger partial charge in [-0.1, -0.05) is 60.7 Å². The van der Waals surface area contributed by atoms with Crippen LogP contribution < -0.4 is 5.32 Å². The van der Waals surface area contributed by atoms with Crippen molar-refractivity contribution in [3.8, 4) is 0 Å². The molecule has 2 unspecified atom stereocenters. The van der Waals surface area contributed by atoms with E-state index in [-0.39, 0.29) is 0 Å². The molecule has 3 aliphatic rings. The minimum Gasteiger partial charge on any atom is -0.309 e. The van der Waals surface area contributed by atoms with Crippen LogP contribution in [-0.4, -0.2) is 24.0 Å². The first kappa shape index (κ1) is 14.0. The fraction of sp³-hybridized carbons (Fsp3) is 0.400. The third-order valence-electron chi connectivity index (χ3n) is 5.24. The molecule has 1 N–H and O–H groups in total. The predicted molar refractivity (Wildman–Crippen MR) is 90.4 cm³/mol. The number of nitrogens with zero attached hydrogens (tertiary/aromatic N) is 1. The number of nitrogens with one attached hydrogen (secondary N) is 1. The zero-order valence-corrected chi connectivity index (χ0v) is 13.0. The SMILES string of the molecule is c1ccc(CNC2C3CC2CN(Cc2ccccc2)C3)cc1. The first-order chi connectivity index (χ1) is 10.9. The predicted octanol–water partition coefficient (Wildman–Crippen LogP) is 3.30. The average Bonchev–Trinajstić information content (AvgIpc) is 2.57. The van der Waals surface area contributed by atoms with Gasteiger partial charge in [0.2, 0.25) is 0 Å². The summed E-state index contributed by atoms with van der Waals surface area (Å²) in [5, 5.41) is 3.80. The molecular weight excluding hydrogens is 268 g/mol. The minimum absolute atomic E-state index is 0.729. The topological polar surface area (TPSA) is 15.3 Å². The third-order valence-corrected chi connectivity index (χ3v) is 5.24. The normalized spacial score (nSPS) is 27.4. The smallest absolute Gasteiger partial charge is 0.0233 e. The molecule has 3 fully saturated rings. The van der Waals surface area contributed by atoms with Crippen molar-refractivity contribution in [2.45, 2.75) is 25.6 Å². The summed E-state index contributed by atoms with van der Waals surface area (Å²) >= 11 is 0. The van der Waals surface area contributed by atoms with Gasteiger partial charge in [0.15, 0.2) is 0 Å². The molecule has 2 aromatic carbocycles. The average molecular weight is 292 g/mol. The van der Waals surface area contributed by atoms with Gasteiger partial charge in [0.1, 0.15) is 0 Å². The Balaban J connectivity index is 1.29. The lowest BCUT2D eigenvalue weighted by atomic mass is 9.66. The van der Waals surface area contributed by atoms with E-state index < -0.39 is 0 Å². The molecule has 2 aromatic rings. The number of benzene rings is 2. The van der Waals surface area contributed by atoms with Crippen LogP contribution in [0, 0.1) is 11.8 Å². The van der Waals surface area contributed by atoms with Crippen molar-refractivity contribution in [1.82, 2.24) is 10.2 Å². The van der Waals surface area contributed by atoms with Crippen molar-refractivity contribution in [2.75, 3.05) is 13.1 Å². The second-order valence-electron chi connectivity index (χ2n) is 6.83. The van der Waals surface area contributed by atoms with Crippen molar-refractivity contribution in [3.63, 3.8) is 0 Å². The quantitative estimate of drug-likeness (QED) is 0.909. The van der Waals surface area contributed by atoms with Crippen LogP contribution in [0.1, 0.15) is 17.5 Å². The summed E-state index contributed by atoms with van der Waals surface area (Å²) in [6.45, 7) is 4.62. The zero-order valence-electron chi connectivity index (χ0n) is 13.0. The summed E-state index contributed by atoms with van der Waals surface area (Å²) in [5.74, 6) is 1.68. The number of piperidine rings is 2. The first-order valence-corrected chi connectivity index (χ1v) is 8.42. The molecule has 5 rings (SSSR count). The Morgan fingerprint density at radius 1 is 0.818 bits per heavy atom. The van der Waals surface area contributed by atoms with Crippen LogP contribution in [0.5, 0.6) is 0 Å². The standard InChI is InChI=1S/C20H24N2/c1-3-7-16(8-4-1)12-21-20-18-11-19(20)15-22(14-18)13-17-9-5-2-6-10-17/h1-10,18-21H,11-15H2. The van der Waals surface area contributed by atoms with E-state index in [9.17, 15) is 0 Å². The van der Waals surface area contributed by atoms with E-state index in [1.807, 2.05) is 0 Å². The van der Waals surface area contributed by atoms with Gasteiger partial charge in [-0.3, -0.25) is 4.90 Å². The summed E-state index contributed by atoms with van der Waals surface area (Å²) in [5.41, 5.74) is 2.84. The maximum Gasteiger partial charge on any atom is 0.0233 e. The van der Waals surface area contributed by atoms with Crippen LogP contribution in [0.4, 0.5) is 0 Å². The highest BCUT2D eigenvalue weighted by Crippen LogP contribution is 2.40. The van der Waals surface area contributed by atoms with Gasteiger partial charge in [-0.05, 0) is 29.4 Å². The number of fused-ring (bicyclic) bond motifs is 2. The van der Waals surface area contributed by atoms with Gasteiger partial charge in [-0.2, -0.15) is 0 Å². The number of rotatable bonds is 5.